The van der Waals surface area contributed by atoms with E-state index in [1.807, 2.05) is 19.1 Å². The third-order valence-electron chi connectivity index (χ3n) is 1.87. The van der Waals surface area contributed by atoms with Gasteiger partial charge in [0.15, 0.2) is 0 Å². The van der Waals surface area contributed by atoms with Crippen molar-refractivity contribution in [3.8, 4) is 0 Å². The topological polar surface area (TPSA) is 20.3 Å². The van der Waals surface area contributed by atoms with Crippen LogP contribution in [0.5, 0.6) is 0 Å². The van der Waals surface area contributed by atoms with Crippen LogP contribution in [0.2, 0.25) is 5.02 Å². The Morgan fingerprint density at radius 3 is 2.57 bits per heavy atom. The summed E-state index contributed by atoms with van der Waals surface area (Å²) >= 11 is 11.5. The van der Waals surface area contributed by atoms with Gasteiger partial charge in [0.1, 0.15) is 5.88 Å². The molecule has 0 fully saturated rings. The summed E-state index contributed by atoms with van der Waals surface area (Å²) in [4.78, 5) is 13.0. The molecule has 76 valence electrons. The van der Waals surface area contributed by atoms with Crippen LogP contribution >= 0.6 is 23.2 Å². The molecule has 0 radical (unpaired) electrons. The number of carbonyl (C=O) groups excluding carboxylic acids is 1. The fraction of sp³-hybridized carbons (Fsp3) is 0.300. The van der Waals surface area contributed by atoms with Crippen molar-refractivity contribution in [1.82, 2.24) is 0 Å². The molecule has 1 rings (SSSR count). The highest BCUT2D eigenvalue weighted by Gasteiger charge is 2.14. The number of alkyl halides is 1. The third kappa shape index (κ3) is 2.40. The van der Waals surface area contributed by atoms with E-state index >= 15 is 0 Å². The average molecular weight is 232 g/mol. The van der Waals surface area contributed by atoms with Gasteiger partial charge in [0.2, 0.25) is 5.91 Å². The first-order chi connectivity index (χ1) is 6.70. The quantitative estimate of drug-likeness (QED) is 0.733. The molecule has 1 aromatic rings. The Kier molecular flexibility index (Phi) is 4.23. The highest BCUT2D eigenvalue weighted by Crippen LogP contribution is 2.25. The number of halogens is 2. The minimum absolute atomic E-state index is 0.0287. The Labute approximate surface area is 93.4 Å². The van der Waals surface area contributed by atoms with Gasteiger partial charge in [-0.25, -0.2) is 0 Å². The first-order valence-corrected chi connectivity index (χ1v) is 5.22. The molecule has 0 heterocycles. The number of carbonyl (C=O) groups is 1. The maximum atomic E-state index is 11.4. The summed E-state index contributed by atoms with van der Waals surface area (Å²) < 4.78 is 0. The Balaban J connectivity index is 3.01. The fourth-order valence-electron chi connectivity index (χ4n) is 1.22. The van der Waals surface area contributed by atoms with E-state index in [0.29, 0.717) is 17.3 Å². The van der Waals surface area contributed by atoms with E-state index in [2.05, 4.69) is 0 Å². The second-order valence-electron chi connectivity index (χ2n) is 2.72. The predicted molar refractivity (Wildman–Crippen MR) is 60.2 cm³/mol. The van der Waals surface area contributed by atoms with Gasteiger partial charge in [0.05, 0.1) is 10.7 Å². The minimum atomic E-state index is -0.137. The SMILES string of the molecule is CCN(C(=O)CCl)c1ccccc1Cl. The zero-order valence-corrected chi connectivity index (χ0v) is 9.35. The molecule has 0 bridgehead atoms. The number of anilines is 1. The minimum Gasteiger partial charge on any atom is -0.310 e. The lowest BCUT2D eigenvalue weighted by Crippen LogP contribution is -2.31. The summed E-state index contributed by atoms with van der Waals surface area (Å²) in [6.07, 6.45) is 0. The first kappa shape index (κ1) is 11.3. The highest BCUT2D eigenvalue weighted by atomic mass is 35.5. The molecule has 0 N–H and O–H groups in total. The van der Waals surface area contributed by atoms with Crippen molar-refractivity contribution in [2.45, 2.75) is 6.92 Å². The van der Waals surface area contributed by atoms with Crippen molar-refractivity contribution < 1.29 is 4.79 Å². The maximum Gasteiger partial charge on any atom is 0.241 e. The van der Waals surface area contributed by atoms with E-state index in [1.165, 1.54) is 0 Å². The molecule has 14 heavy (non-hydrogen) atoms. The average Bonchev–Trinajstić information content (AvgIpc) is 2.21. The molecule has 0 atom stereocenters. The van der Waals surface area contributed by atoms with Gasteiger partial charge in [0.25, 0.3) is 0 Å². The van der Waals surface area contributed by atoms with E-state index in [9.17, 15) is 4.79 Å². The van der Waals surface area contributed by atoms with Crippen LogP contribution in [0, 0.1) is 0 Å². The van der Waals surface area contributed by atoms with Crippen LogP contribution in [0.1, 0.15) is 6.92 Å². The second-order valence-corrected chi connectivity index (χ2v) is 3.40. The lowest BCUT2D eigenvalue weighted by Gasteiger charge is -2.20. The van der Waals surface area contributed by atoms with Gasteiger partial charge in [-0.05, 0) is 19.1 Å². The van der Waals surface area contributed by atoms with E-state index in [4.69, 9.17) is 23.2 Å². The zero-order chi connectivity index (χ0) is 10.6. The van der Waals surface area contributed by atoms with Gasteiger partial charge in [-0.3, -0.25) is 4.79 Å². The molecular weight excluding hydrogens is 221 g/mol. The molecule has 0 saturated carbocycles. The van der Waals surface area contributed by atoms with Crippen LogP contribution in [-0.2, 0) is 4.79 Å². The summed E-state index contributed by atoms with van der Waals surface area (Å²) in [7, 11) is 0. The summed E-state index contributed by atoms with van der Waals surface area (Å²) in [6, 6.07) is 7.22. The van der Waals surface area contributed by atoms with Crippen LogP contribution in [0.4, 0.5) is 5.69 Å². The Bertz CT molecular complexity index is 328. The van der Waals surface area contributed by atoms with Crippen LogP contribution in [0.15, 0.2) is 24.3 Å². The zero-order valence-electron chi connectivity index (χ0n) is 7.84. The number of rotatable bonds is 3. The number of nitrogens with zero attached hydrogens (tertiary/aromatic N) is 1. The smallest absolute Gasteiger partial charge is 0.241 e. The van der Waals surface area contributed by atoms with E-state index in [1.54, 1.807) is 17.0 Å². The van der Waals surface area contributed by atoms with E-state index < -0.39 is 0 Å². The third-order valence-corrected chi connectivity index (χ3v) is 2.42. The summed E-state index contributed by atoms with van der Waals surface area (Å²) in [6.45, 7) is 2.45. The molecule has 1 aromatic carbocycles. The number of benzene rings is 1. The molecule has 0 unspecified atom stereocenters. The molecule has 4 heteroatoms. The van der Waals surface area contributed by atoms with Crippen molar-refractivity contribution in [3.05, 3.63) is 29.3 Å². The van der Waals surface area contributed by atoms with E-state index in [0.717, 1.165) is 0 Å². The fourth-order valence-corrected chi connectivity index (χ4v) is 1.61. The van der Waals surface area contributed by atoms with Gasteiger partial charge in [-0.15, -0.1) is 11.6 Å². The monoisotopic (exact) mass is 231 g/mol. The Morgan fingerprint density at radius 1 is 1.43 bits per heavy atom. The molecule has 2 nitrogen and oxygen atoms in total. The lowest BCUT2D eigenvalue weighted by atomic mass is 10.3. The van der Waals surface area contributed by atoms with Crippen LogP contribution in [-0.4, -0.2) is 18.3 Å². The molecule has 1 amide bonds. The van der Waals surface area contributed by atoms with Gasteiger partial charge >= 0.3 is 0 Å². The van der Waals surface area contributed by atoms with Gasteiger partial charge in [0, 0.05) is 6.54 Å². The molecule has 0 aliphatic carbocycles. The Morgan fingerprint density at radius 2 is 2.07 bits per heavy atom. The largest absolute Gasteiger partial charge is 0.310 e. The lowest BCUT2D eigenvalue weighted by molar-refractivity contribution is -0.116. The number of amides is 1. The molecule has 0 aliphatic heterocycles. The molecule has 0 spiro atoms. The maximum absolute atomic E-state index is 11.4. The molecule has 0 saturated heterocycles. The van der Waals surface area contributed by atoms with Crippen molar-refractivity contribution >= 4 is 34.8 Å². The van der Waals surface area contributed by atoms with Crippen LogP contribution in [0.3, 0.4) is 0 Å². The van der Waals surface area contributed by atoms with Crippen molar-refractivity contribution in [1.29, 1.82) is 0 Å². The van der Waals surface area contributed by atoms with Crippen molar-refractivity contribution in [2.24, 2.45) is 0 Å². The predicted octanol–water partition coefficient (Wildman–Crippen LogP) is 2.93. The standard InChI is InChI=1S/C10H11Cl2NO/c1-2-13(10(14)7-11)9-6-4-3-5-8(9)12/h3-6H,2,7H2,1H3. The van der Waals surface area contributed by atoms with Gasteiger partial charge in [-0.2, -0.15) is 0 Å². The number of para-hydroxylation sites is 1. The number of hydrogen-bond acceptors (Lipinski definition) is 1. The van der Waals surface area contributed by atoms with Crippen LogP contribution in [0.25, 0.3) is 0 Å². The Hall–Kier alpha value is -0.730. The normalized spacial score (nSPS) is 9.93. The first-order valence-electron chi connectivity index (χ1n) is 4.31. The summed E-state index contributed by atoms with van der Waals surface area (Å²) in [5, 5.41) is 0.563. The summed E-state index contributed by atoms with van der Waals surface area (Å²) in [5.74, 6) is -0.165. The van der Waals surface area contributed by atoms with Crippen LogP contribution < -0.4 is 4.90 Å². The molecule has 0 aromatic heterocycles. The molecule has 0 aliphatic rings. The summed E-state index contributed by atoms with van der Waals surface area (Å²) in [5.41, 5.74) is 0.710. The van der Waals surface area contributed by atoms with Gasteiger partial charge < -0.3 is 4.90 Å². The van der Waals surface area contributed by atoms with E-state index in [-0.39, 0.29) is 11.8 Å². The van der Waals surface area contributed by atoms with Crippen molar-refractivity contribution in [2.75, 3.05) is 17.3 Å². The van der Waals surface area contributed by atoms with Crippen molar-refractivity contribution in [3.63, 3.8) is 0 Å². The highest BCUT2D eigenvalue weighted by molar-refractivity contribution is 6.35. The van der Waals surface area contributed by atoms with Gasteiger partial charge in [-0.1, -0.05) is 23.7 Å². The molecular formula is C10H11Cl2NO. The second kappa shape index (κ2) is 5.23. The number of hydrogen-bond donors (Lipinski definition) is 0.